The lowest BCUT2D eigenvalue weighted by atomic mass is 10.2. The van der Waals surface area contributed by atoms with Gasteiger partial charge in [-0.25, -0.2) is 8.42 Å². The molecule has 1 amide bonds. The first kappa shape index (κ1) is 15.5. The summed E-state index contributed by atoms with van der Waals surface area (Å²) in [7, 11) is -3.78. The summed E-state index contributed by atoms with van der Waals surface area (Å²) >= 11 is 0. The van der Waals surface area contributed by atoms with Crippen LogP contribution in [0.4, 0.5) is 0 Å². The van der Waals surface area contributed by atoms with Crippen LogP contribution in [0.1, 0.15) is 31.2 Å². The third-order valence-corrected chi connectivity index (χ3v) is 5.55. The Morgan fingerprint density at radius 2 is 1.86 bits per heavy atom. The summed E-state index contributed by atoms with van der Waals surface area (Å²) in [4.78, 5) is 11.3. The summed E-state index contributed by atoms with van der Waals surface area (Å²) in [6, 6.07) is 7.43. The highest BCUT2D eigenvalue weighted by Crippen LogP contribution is 2.28. The van der Waals surface area contributed by atoms with Crippen LogP contribution in [0.3, 0.4) is 0 Å². The number of sulfonamides is 1. The largest absolute Gasteiger partial charge is 0.369 e. The molecule has 0 radical (unpaired) electrons. The number of rotatable bonds is 5. The Bertz CT molecular complexity index is 656. The molecule has 0 atom stereocenters. The molecule has 0 aromatic heterocycles. The Balaban J connectivity index is 2.35. The number of primary amides is 1. The quantitative estimate of drug-likeness (QED) is 0.875. The average molecular weight is 307 g/mol. The van der Waals surface area contributed by atoms with Crippen molar-refractivity contribution in [3.8, 4) is 6.07 Å². The Labute approximate surface area is 124 Å². The summed E-state index contributed by atoms with van der Waals surface area (Å²) in [6.07, 6.45) is 3.37. The van der Waals surface area contributed by atoms with E-state index in [1.54, 1.807) is 0 Å². The number of hydrogen-bond acceptors (Lipinski definition) is 4. The van der Waals surface area contributed by atoms with Gasteiger partial charge in [0.2, 0.25) is 15.9 Å². The first-order valence-corrected chi connectivity index (χ1v) is 8.19. The van der Waals surface area contributed by atoms with E-state index in [4.69, 9.17) is 11.0 Å². The Hall–Kier alpha value is -1.91. The molecular formula is C14H17N3O3S. The highest BCUT2D eigenvalue weighted by molar-refractivity contribution is 7.89. The molecule has 0 heterocycles. The highest BCUT2D eigenvalue weighted by atomic mass is 32.2. The van der Waals surface area contributed by atoms with Crippen molar-refractivity contribution in [3.05, 3.63) is 29.8 Å². The summed E-state index contributed by atoms with van der Waals surface area (Å²) in [5.74, 6) is -0.667. The Morgan fingerprint density at radius 3 is 2.33 bits per heavy atom. The van der Waals surface area contributed by atoms with Crippen LogP contribution in [0.25, 0.3) is 0 Å². The van der Waals surface area contributed by atoms with E-state index >= 15 is 0 Å². The van der Waals surface area contributed by atoms with E-state index in [1.165, 1.54) is 28.6 Å². The van der Waals surface area contributed by atoms with Gasteiger partial charge in [0.15, 0.2) is 0 Å². The Morgan fingerprint density at radius 1 is 1.29 bits per heavy atom. The van der Waals surface area contributed by atoms with Crippen molar-refractivity contribution in [2.24, 2.45) is 5.73 Å². The van der Waals surface area contributed by atoms with Crippen molar-refractivity contribution < 1.29 is 13.2 Å². The zero-order valence-electron chi connectivity index (χ0n) is 11.5. The van der Waals surface area contributed by atoms with Crippen molar-refractivity contribution >= 4 is 15.9 Å². The molecule has 1 fully saturated rings. The van der Waals surface area contributed by atoms with Crippen molar-refractivity contribution in [3.63, 3.8) is 0 Å². The lowest BCUT2D eigenvalue weighted by molar-refractivity contribution is -0.118. The number of carbonyl (C=O) groups excluding carboxylic acids is 1. The number of benzene rings is 1. The van der Waals surface area contributed by atoms with Crippen LogP contribution in [0.15, 0.2) is 29.2 Å². The van der Waals surface area contributed by atoms with Crippen LogP contribution in [0, 0.1) is 11.3 Å². The molecule has 0 bridgehead atoms. The number of hydrogen-bond donors (Lipinski definition) is 1. The number of amides is 1. The molecule has 1 aromatic carbocycles. The molecule has 1 aliphatic carbocycles. The molecule has 0 unspecified atom stereocenters. The normalized spacial score (nSPS) is 16.0. The minimum Gasteiger partial charge on any atom is -0.369 e. The summed E-state index contributed by atoms with van der Waals surface area (Å²) in [5, 5.41) is 8.76. The van der Waals surface area contributed by atoms with E-state index < -0.39 is 15.9 Å². The van der Waals surface area contributed by atoms with Gasteiger partial charge >= 0.3 is 0 Å². The van der Waals surface area contributed by atoms with Gasteiger partial charge < -0.3 is 5.73 Å². The molecular weight excluding hydrogens is 290 g/mol. The molecule has 2 rings (SSSR count). The van der Waals surface area contributed by atoms with Gasteiger partial charge in [-0.2, -0.15) is 9.57 Å². The zero-order chi connectivity index (χ0) is 15.5. The molecule has 1 aromatic rings. The Kier molecular flexibility index (Phi) is 4.60. The van der Waals surface area contributed by atoms with E-state index in [-0.39, 0.29) is 17.5 Å². The van der Waals surface area contributed by atoms with Crippen molar-refractivity contribution in [2.45, 2.75) is 36.6 Å². The fraction of sp³-hybridized carbons (Fsp3) is 0.429. The minimum atomic E-state index is -3.78. The number of carbonyl (C=O) groups is 1. The van der Waals surface area contributed by atoms with Gasteiger partial charge in [0, 0.05) is 6.04 Å². The smallest absolute Gasteiger partial charge is 0.243 e. The molecule has 0 spiro atoms. The van der Waals surface area contributed by atoms with Gasteiger partial charge in [0.05, 0.1) is 23.1 Å². The molecule has 0 saturated heterocycles. The predicted octanol–water partition coefficient (Wildman–Crippen LogP) is 0.977. The monoisotopic (exact) mass is 307 g/mol. The maximum Gasteiger partial charge on any atom is 0.243 e. The number of nitrogens with two attached hydrogens (primary N) is 1. The molecule has 2 N–H and O–H groups in total. The van der Waals surface area contributed by atoms with E-state index in [1.807, 2.05) is 6.07 Å². The lowest BCUT2D eigenvalue weighted by Gasteiger charge is -2.26. The minimum absolute atomic E-state index is 0.0784. The molecule has 112 valence electrons. The summed E-state index contributed by atoms with van der Waals surface area (Å²) in [6.45, 7) is -0.312. The average Bonchev–Trinajstić information content (AvgIpc) is 2.98. The van der Waals surface area contributed by atoms with Gasteiger partial charge in [0.1, 0.15) is 0 Å². The van der Waals surface area contributed by atoms with Gasteiger partial charge in [-0.15, -0.1) is 0 Å². The van der Waals surface area contributed by atoms with E-state index in [9.17, 15) is 13.2 Å². The maximum atomic E-state index is 12.7. The molecule has 7 heteroatoms. The molecule has 1 saturated carbocycles. The SMILES string of the molecule is N#Cc1ccc(S(=O)(=O)N(CC(N)=O)C2CCCC2)cc1. The maximum absolute atomic E-state index is 12.7. The third kappa shape index (κ3) is 3.40. The fourth-order valence-electron chi connectivity index (χ4n) is 2.59. The van der Waals surface area contributed by atoms with Crippen LogP contribution in [-0.4, -0.2) is 31.2 Å². The van der Waals surface area contributed by atoms with Crippen LogP contribution < -0.4 is 5.73 Å². The highest BCUT2D eigenvalue weighted by Gasteiger charge is 2.34. The van der Waals surface area contributed by atoms with Crippen LogP contribution in [-0.2, 0) is 14.8 Å². The lowest BCUT2D eigenvalue weighted by Crippen LogP contribution is -2.44. The molecule has 0 aliphatic heterocycles. The van der Waals surface area contributed by atoms with Crippen LogP contribution in [0.2, 0.25) is 0 Å². The fourth-order valence-corrected chi connectivity index (χ4v) is 4.24. The summed E-state index contributed by atoms with van der Waals surface area (Å²) in [5.41, 5.74) is 5.58. The van der Waals surface area contributed by atoms with Crippen molar-refractivity contribution in [2.75, 3.05) is 6.54 Å². The number of nitriles is 1. The second kappa shape index (κ2) is 6.24. The van der Waals surface area contributed by atoms with Crippen molar-refractivity contribution in [1.29, 1.82) is 5.26 Å². The third-order valence-electron chi connectivity index (χ3n) is 3.63. The first-order valence-electron chi connectivity index (χ1n) is 6.75. The molecule has 21 heavy (non-hydrogen) atoms. The van der Waals surface area contributed by atoms with E-state index in [0.717, 1.165) is 25.7 Å². The zero-order valence-corrected chi connectivity index (χ0v) is 12.3. The first-order chi connectivity index (χ1) is 9.95. The number of nitrogens with zero attached hydrogens (tertiary/aromatic N) is 2. The van der Waals surface area contributed by atoms with Crippen LogP contribution >= 0.6 is 0 Å². The van der Waals surface area contributed by atoms with Gasteiger partial charge in [-0.1, -0.05) is 12.8 Å². The second-order valence-electron chi connectivity index (χ2n) is 5.09. The van der Waals surface area contributed by atoms with Crippen molar-refractivity contribution in [1.82, 2.24) is 4.31 Å². The topological polar surface area (TPSA) is 104 Å². The standard InChI is InChI=1S/C14H17N3O3S/c15-9-11-5-7-13(8-6-11)21(19,20)17(10-14(16)18)12-3-1-2-4-12/h5-8,12H,1-4,10H2,(H2,16,18). The molecule has 1 aliphatic rings. The van der Waals surface area contributed by atoms with Gasteiger partial charge in [-0.3, -0.25) is 4.79 Å². The summed E-state index contributed by atoms with van der Waals surface area (Å²) < 4.78 is 26.6. The predicted molar refractivity (Wildman–Crippen MR) is 76.5 cm³/mol. The molecule has 6 nitrogen and oxygen atoms in total. The van der Waals surface area contributed by atoms with E-state index in [2.05, 4.69) is 0 Å². The second-order valence-corrected chi connectivity index (χ2v) is 6.98. The van der Waals surface area contributed by atoms with Gasteiger partial charge in [0.25, 0.3) is 0 Å². The van der Waals surface area contributed by atoms with Crippen LogP contribution in [0.5, 0.6) is 0 Å². The van der Waals surface area contributed by atoms with E-state index in [0.29, 0.717) is 5.56 Å². The van der Waals surface area contributed by atoms with Gasteiger partial charge in [-0.05, 0) is 37.1 Å².